The average Bonchev–Trinajstić information content (AvgIpc) is 2.90. The van der Waals surface area contributed by atoms with Gasteiger partial charge in [0, 0.05) is 37.3 Å². The van der Waals surface area contributed by atoms with E-state index in [2.05, 4.69) is 36.7 Å². The molecule has 35 heavy (non-hydrogen) atoms. The molecule has 1 atom stereocenters. The fraction of sp³-hybridized carbons (Fsp3) is 0.444. The molecule has 0 radical (unpaired) electrons. The lowest BCUT2D eigenvalue weighted by Crippen LogP contribution is -2.48. The summed E-state index contributed by atoms with van der Waals surface area (Å²) in [5.41, 5.74) is 2.21. The van der Waals surface area contributed by atoms with Gasteiger partial charge in [-0.05, 0) is 74.1 Å². The van der Waals surface area contributed by atoms with Crippen LogP contribution in [0.2, 0.25) is 0 Å². The van der Waals surface area contributed by atoms with Crippen molar-refractivity contribution >= 4 is 18.9 Å². The Balaban J connectivity index is 1.20. The minimum Gasteiger partial charge on any atom is -0.497 e. The van der Waals surface area contributed by atoms with E-state index in [9.17, 15) is 4.79 Å². The molecule has 0 spiro atoms. The summed E-state index contributed by atoms with van der Waals surface area (Å²) < 4.78 is 18.7. The van der Waals surface area contributed by atoms with Crippen molar-refractivity contribution in [2.24, 2.45) is 0 Å². The molecule has 3 aromatic rings. The lowest BCUT2D eigenvalue weighted by Gasteiger charge is -2.40. The van der Waals surface area contributed by atoms with Crippen molar-refractivity contribution in [3.8, 4) is 17.2 Å². The first kappa shape index (κ1) is 23.8. The maximum atomic E-state index is 12.7. The summed E-state index contributed by atoms with van der Waals surface area (Å²) in [7, 11) is 3.87. The van der Waals surface area contributed by atoms with E-state index in [0.717, 1.165) is 60.6 Å². The number of benzene rings is 2. The first-order valence-corrected chi connectivity index (χ1v) is 12.5. The molecular weight excluding hydrogens is 441 g/mol. The number of piperidine rings is 1. The number of hydrogen-bond acceptors (Lipinski definition) is 6. The van der Waals surface area contributed by atoms with Gasteiger partial charge in [-0.2, -0.15) is 0 Å². The van der Waals surface area contributed by atoms with Crippen LogP contribution in [0.15, 0.2) is 53.3 Å². The molecule has 0 aliphatic carbocycles. The molecule has 1 unspecified atom stereocenters. The van der Waals surface area contributed by atoms with Gasteiger partial charge in [-0.15, -0.1) is 0 Å². The summed E-state index contributed by atoms with van der Waals surface area (Å²) in [4.78, 5) is 17.7. The fourth-order valence-corrected chi connectivity index (χ4v) is 5.33. The number of ether oxygens (including phenoxy) is 3. The van der Waals surface area contributed by atoms with Crippen LogP contribution in [0.5, 0.6) is 17.2 Å². The number of fused-ring (bicyclic) bond motifs is 2. The van der Waals surface area contributed by atoms with E-state index in [-0.39, 0.29) is 11.6 Å². The molecule has 0 N–H and O–H groups in total. The highest BCUT2D eigenvalue weighted by atomic mass is 16.6. The topological polar surface area (TPSA) is 56.2 Å². The van der Waals surface area contributed by atoms with Crippen LogP contribution in [0.3, 0.4) is 0 Å². The van der Waals surface area contributed by atoms with Gasteiger partial charge in [0.25, 0.3) is 5.56 Å². The van der Waals surface area contributed by atoms with Crippen molar-refractivity contribution in [2.45, 2.75) is 44.9 Å². The minimum absolute atomic E-state index is 0.0339. The van der Waals surface area contributed by atoms with Gasteiger partial charge in [0.2, 0.25) is 0 Å². The van der Waals surface area contributed by atoms with Crippen molar-refractivity contribution in [3.05, 3.63) is 64.4 Å². The van der Waals surface area contributed by atoms with E-state index < -0.39 is 0 Å². The largest absolute Gasteiger partial charge is 0.497 e. The molecule has 1 aromatic heterocycles. The Morgan fingerprint density at radius 2 is 1.80 bits per heavy atom. The molecule has 8 heteroatoms. The Kier molecular flexibility index (Phi) is 7.02. The first-order valence-electron chi connectivity index (χ1n) is 12.5. The Morgan fingerprint density at radius 3 is 2.57 bits per heavy atom. The molecule has 5 rings (SSSR count). The SMILES string of the molecule is BN(Cc1ccc2c(c1)OCCO2)C1CCN(C(C)Cn2c(=O)ccc3ccc(OC)cc32)CC1. The number of nitrogens with zero attached hydrogens (tertiary/aromatic N) is 3. The molecule has 184 valence electrons. The molecule has 2 aliphatic heterocycles. The van der Waals surface area contributed by atoms with Crippen molar-refractivity contribution in [2.75, 3.05) is 33.4 Å². The number of likely N-dealkylation sites (tertiary alicyclic amines) is 1. The second-order valence-electron chi connectivity index (χ2n) is 9.72. The Morgan fingerprint density at radius 1 is 1.06 bits per heavy atom. The number of aromatic nitrogens is 1. The number of methoxy groups -OCH3 is 1. The van der Waals surface area contributed by atoms with Crippen LogP contribution in [0.1, 0.15) is 25.3 Å². The standard InChI is InChI=1S/C27H34BN3O4/c1-19(17-30-24-16-23(33-2)6-4-21(24)5-8-27(30)32)29-11-9-22(10-12-29)31(28)18-20-3-7-25-26(15-20)35-14-13-34-25/h3-8,15-16,19,22H,9-14,17-18,28H2,1-2H3. The fourth-order valence-electron chi connectivity index (χ4n) is 5.33. The maximum Gasteiger partial charge on any atom is 0.251 e. The van der Waals surface area contributed by atoms with Crippen molar-refractivity contribution in [1.82, 2.24) is 14.3 Å². The summed E-state index contributed by atoms with van der Waals surface area (Å²) in [6, 6.07) is 16.5. The van der Waals surface area contributed by atoms with Crippen LogP contribution in [-0.4, -0.2) is 67.8 Å². The third-order valence-corrected chi connectivity index (χ3v) is 7.43. The van der Waals surface area contributed by atoms with Crippen LogP contribution in [0, 0.1) is 0 Å². The highest BCUT2D eigenvalue weighted by molar-refractivity contribution is 6.04. The van der Waals surface area contributed by atoms with Crippen LogP contribution in [0.25, 0.3) is 10.9 Å². The van der Waals surface area contributed by atoms with Gasteiger partial charge in [0.05, 0.1) is 12.6 Å². The normalized spacial score (nSPS) is 17.6. The molecule has 0 saturated carbocycles. The smallest absolute Gasteiger partial charge is 0.251 e. The summed E-state index contributed by atoms with van der Waals surface area (Å²) >= 11 is 0. The van der Waals surface area contributed by atoms with Gasteiger partial charge in [-0.1, -0.05) is 6.07 Å². The molecule has 2 aromatic carbocycles. The zero-order valence-corrected chi connectivity index (χ0v) is 20.9. The van der Waals surface area contributed by atoms with Crippen molar-refractivity contribution in [3.63, 3.8) is 0 Å². The van der Waals surface area contributed by atoms with Gasteiger partial charge in [0.15, 0.2) is 19.5 Å². The lowest BCUT2D eigenvalue weighted by molar-refractivity contribution is 0.116. The maximum absolute atomic E-state index is 12.7. The van der Waals surface area contributed by atoms with E-state index in [1.54, 1.807) is 13.2 Å². The van der Waals surface area contributed by atoms with Crippen molar-refractivity contribution < 1.29 is 14.2 Å². The zero-order valence-electron chi connectivity index (χ0n) is 20.9. The minimum atomic E-state index is 0.0339. The Labute approximate surface area is 207 Å². The van der Waals surface area contributed by atoms with Crippen LogP contribution in [-0.2, 0) is 13.1 Å². The molecule has 2 aliphatic rings. The Hall–Kier alpha value is -2.97. The van der Waals surface area contributed by atoms with E-state index >= 15 is 0 Å². The number of hydrogen-bond donors (Lipinski definition) is 0. The molecule has 0 amide bonds. The van der Waals surface area contributed by atoms with Crippen LogP contribution < -0.4 is 19.8 Å². The zero-order chi connectivity index (χ0) is 24.4. The monoisotopic (exact) mass is 475 g/mol. The van der Waals surface area contributed by atoms with Gasteiger partial charge >= 0.3 is 0 Å². The number of pyridine rings is 1. The van der Waals surface area contributed by atoms with Gasteiger partial charge in [-0.25, -0.2) is 0 Å². The number of rotatable bonds is 7. The average molecular weight is 475 g/mol. The summed E-state index contributed by atoms with van der Waals surface area (Å²) in [6.07, 6.45) is 2.23. The third-order valence-electron chi connectivity index (χ3n) is 7.43. The van der Waals surface area contributed by atoms with Gasteiger partial charge in [-0.3, -0.25) is 9.69 Å². The first-order chi connectivity index (χ1) is 17.0. The van der Waals surface area contributed by atoms with Crippen molar-refractivity contribution in [1.29, 1.82) is 0 Å². The van der Waals surface area contributed by atoms with E-state index in [0.29, 0.717) is 25.8 Å². The quantitative estimate of drug-likeness (QED) is 0.490. The summed E-state index contributed by atoms with van der Waals surface area (Å²) in [5.74, 6) is 2.46. The van der Waals surface area contributed by atoms with E-state index in [4.69, 9.17) is 14.2 Å². The second kappa shape index (κ2) is 10.3. The van der Waals surface area contributed by atoms with Crippen LogP contribution in [0.4, 0.5) is 0 Å². The van der Waals surface area contributed by atoms with E-state index in [1.807, 2.05) is 34.9 Å². The third kappa shape index (κ3) is 5.18. The van der Waals surface area contributed by atoms with Crippen LogP contribution >= 0.6 is 0 Å². The molecule has 0 bridgehead atoms. The van der Waals surface area contributed by atoms with Gasteiger partial charge in [0.1, 0.15) is 19.0 Å². The highest BCUT2D eigenvalue weighted by Crippen LogP contribution is 2.31. The summed E-state index contributed by atoms with van der Waals surface area (Å²) in [6.45, 7) is 7.07. The molecule has 7 nitrogen and oxygen atoms in total. The molecule has 3 heterocycles. The summed E-state index contributed by atoms with van der Waals surface area (Å²) in [5, 5.41) is 1.05. The lowest BCUT2D eigenvalue weighted by atomic mass is 9.97. The predicted molar refractivity (Wildman–Crippen MR) is 140 cm³/mol. The molecular formula is C27H34BN3O4. The predicted octanol–water partition coefficient (Wildman–Crippen LogP) is 2.68. The Bertz CT molecular complexity index is 1240. The van der Waals surface area contributed by atoms with Gasteiger partial charge < -0.3 is 23.6 Å². The second-order valence-corrected chi connectivity index (χ2v) is 9.72. The molecule has 1 fully saturated rings. The molecule has 1 saturated heterocycles. The van der Waals surface area contributed by atoms with E-state index in [1.165, 1.54) is 5.56 Å². The highest BCUT2D eigenvalue weighted by Gasteiger charge is 2.26.